The summed E-state index contributed by atoms with van der Waals surface area (Å²) in [6.07, 6.45) is 2.21. The molecule has 0 fully saturated rings. The Morgan fingerprint density at radius 3 is 3.25 bits per heavy atom. The van der Waals surface area contributed by atoms with Crippen LogP contribution in [0.25, 0.3) is 0 Å². The lowest BCUT2D eigenvalue weighted by atomic mass is 10.2. The first-order valence-electron chi connectivity index (χ1n) is 3.66. The third-order valence-electron chi connectivity index (χ3n) is 1.66. The number of hydrazine groups is 2. The van der Waals surface area contributed by atoms with E-state index < -0.39 is 0 Å². The van der Waals surface area contributed by atoms with Crippen LogP contribution in [-0.2, 0) is 11.2 Å². The largest absolute Gasteiger partial charge is 0.273 e. The summed E-state index contributed by atoms with van der Waals surface area (Å²) in [5.41, 5.74) is 8.74. The molecule has 0 spiro atoms. The van der Waals surface area contributed by atoms with E-state index in [1.807, 2.05) is 24.4 Å². The molecule has 1 aliphatic heterocycles. The Morgan fingerprint density at radius 2 is 2.33 bits per heavy atom. The molecule has 0 aliphatic carbocycles. The minimum absolute atomic E-state index is 0.0556. The van der Waals surface area contributed by atoms with Crippen LogP contribution in [0.15, 0.2) is 24.4 Å². The number of amides is 1. The average Bonchev–Trinajstić information content (AvgIpc) is 2.25. The Balaban J connectivity index is 2.37. The van der Waals surface area contributed by atoms with Gasteiger partial charge in [0, 0.05) is 12.1 Å². The van der Waals surface area contributed by atoms with Crippen molar-refractivity contribution in [1.29, 1.82) is 0 Å². The van der Waals surface area contributed by atoms with Gasteiger partial charge in [-0.1, -0.05) is 10.2 Å². The lowest BCUT2D eigenvalue weighted by molar-refractivity contribution is -0.662. The van der Waals surface area contributed by atoms with Crippen LogP contribution >= 0.6 is 0 Å². The smallest absolute Gasteiger partial charge is 0.246 e. The molecule has 2 heterocycles. The molecular formula is C7H9N4O+. The quantitative estimate of drug-likeness (QED) is 0.415. The number of carbonyl (C=O) groups excluding carboxylic acids is 1. The van der Waals surface area contributed by atoms with E-state index in [2.05, 4.69) is 16.5 Å². The lowest BCUT2D eigenvalue weighted by Crippen LogP contribution is -2.55. The van der Waals surface area contributed by atoms with Crippen LogP contribution in [-0.4, -0.2) is 5.91 Å². The minimum Gasteiger partial charge on any atom is -0.273 e. The van der Waals surface area contributed by atoms with Gasteiger partial charge in [-0.25, -0.2) is 0 Å². The number of nitrogens with one attached hydrogen (secondary N) is 3. The summed E-state index contributed by atoms with van der Waals surface area (Å²) in [4.78, 5) is 11.0. The van der Waals surface area contributed by atoms with Crippen LogP contribution in [0.4, 0.5) is 0 Å². The topological polar surface area (TPSA) is 57.0 Å². The van der Waals surface area contributed by atoms with Crippen LogP contribution in [0.2, 0.25) is 0 Å². The Labute approximate surface area is 69.3 Å². The molecule has 0 bridgehead atoms. The molecule has 1 aromatic rings. The van der Waals surface area contributed by atoms with Gasteiger partial charge < -0.3 is 0 Å². The Kier molecular flexibility index (Phi) is 1.64. The van der Waals surface area contributed by atoms with Crippen molar-refractivity contribution in [2.24, 2.45) is 0 Å². The molecule has 0 radical (unpaired) electrons. The van der Waals surface area contributed by atoms with Gasteiger partial charge in [-0.2, -0.15) is 0 Å². The maximum atomic E-state index is 11.0. The molecule has 0 atom stereocenters. The number of pyridine rings is 1. The molecule has 2 rings (SSSR count). The minimum atomic E-state index is -0.0556. The monoisotopic (exact) mass is 165 g/mol. The summed E-state index contributed by atoms with van der Waals surface area (Å²) in [7, 11) is 0. The summed E-state index contributed by atoms with van der Waals surface area (Å²) < 4.78 is 1.75. The highest BCUT2D eigenvalue weighted by atomic mass is 16.2. The SMILES string of the molecule is O=C1Cc2cccc[n+]2NNN1. The molecule has 0 aromatic carbocycles. The van der Waals surface area contributed by atoms with Gasteiger partial charge in [0.1, 0.15) is 6.42 Å². The first-order chi connectivity index (χ1) is 5.86. The van der Waals surface area contributed by atoms with Gasteiger partial charge in [-0.15, -0.1) is 5.53 Å². The summed E-state index contributed by atoms with van der Waals surface area (Å²) in [6, 6.07) is 5.67. The van der Waals surface area contributed by atoms with Gasteiger partial charge in [0.2, 0.25) is 17.8 Å². The van der Waals surface area contributed by atoms with Crippen molar-refractivity contribution in [2.45, 2.75) is 6.42 Å². The third kappa shape index (κ3) is 1.22. The number of nitrogens with zero attached hydrogens (tertiary/aromatic N) is 1. The number of hydrogen-bond acceptors (Lipinski definition) is 3. The van der Waals surface area contributed by atoms with Crippen LogP contribution in [0.1, 0.15) is 5.69 Å². The van der Waals surface area contributed by atoms with Gasteiger partial charge in [0.05, 0.1) is 0 Å². The fourth-order valence-electron chi connectivity index (χ4n) is 1.10. The van der Waals surface area contributed by atoms with Crippen molar-refractivity contribution in [3.05, 3.63) is 30.1 Å². The Morgan fingerprint density at radius 1 is 1.42 bits per heavy atom. The van der Waals surface area contributed by atoms with E-state index in [0.717, 1.165) is 5.69 Å². The molecule has 0 saturated heterocycles. The molecule has 1 aromatic heterocycles. The molecular weight excluding hydrogens is 156 g/mol. The summed E-state index contributed by atoms with van der Waals surface area (Å²) in [6.45, 7) is 0. The fourth-order valence-corrected chi connectivity index (χ4v) is 1.10. The van der Waals surface area contributed by atoms with Crippen molar-refractivity contribution < 1.29 is 9.47 Å². The van der Waals surface area contributed by atoms with E-state index in [4.69, 9.17) is 0 Å². The van der Waals surface area contributed by atoms with Gasteiger partial charge in [-0.05, 0) is 6.07 Å². The fraction of sp³-hybridized carbons (Fsp3) is 0.143. The molecule has 62 valence electrons. The summed E-state index contributed by atoms with van der Waals surface area (Å²) in [5.74, 6) is -0.0556. The van der Waals surface area contributed by atoms with Crippen molar-refractivity contribution in [3.63, 3.8) is 0 Å². The second kappa shape index (κ2) is 2.78. The van der Waals surface area contributed by atoms with Crippen molar-refractivity contribution in [3.8, 4) is 0 Å². The molecule has 1 amide bonds. The second-order valence-corrected chi connectivity index (χ2v) is 2.52. The lowest BCUT2D eigenvalue weighted by Gasteiger charge is -1.97. The number of hydrogen-bond donors (Lipinski definition) is 3. The third-order valence-corrected chi connectivity index (χ3v) is 1.66. The summed E-state index contributed by atoms with van der Waals surface area (Å²) >= 11 is 0. The normalized spacial score (nSPS) is 15.5. The standard InChI is InChI=1S/C7H8N4O/c12-7-5-6-3-1-2-4-11(6)10-9-8-7/h1-4,9-10H,5H2/p+1. The summed E-state index contributed by atoms with van der Waals surface area (Å²) in [5, 5.41) is 0. The maximum Gasteiger partial charge on any atom is 0.246 e. The molecule has 1 aliphatic rings. The highest BCUT2D eigenvalue weighted by Crippen LogP contribution is 1.92. The van der Waals surface area contributed by atoms with Crippen molar-refractivity contribution >= 4 is 5.91 Å². The van der Waals surface area contributed by atoms with E-state index in [-0.39, 0.29) is 5.91 Å². The predicted octanol–water partition coefficient (Wildman–Crippen LogP) is -1.39. The van der Waals surface area contributed by atoms with Crippen LogP contribution in [0.3, 0.4) is 0 Å². The van der Waals surface area contributed by atoms with Crippen LogP contribution < -0.4 is 21.2 Å². The zero-order chi connectivity index (χ0) is 8.39. The number of carbonyl (C=O) groups is 1. The predicted molar refractivity (Wildman–Crippen MR) is 41.0 cm³/mol. The zero-order valence-corrected chi connectivity index (χ0v) is 6.37. The van der Waals surface area contributed by atoms with E-state index in [9.17, 15) is 4.79 Å². The van der Waals surface area contributed by atoms with E-state index in [1.54, 1.807) is 4.68 Å². The van der Waals surface area contributed by atoms with Gasteiger partial charge in [0.15, 0.2) is 0 Å². The van der Waals surface area contributed by atoms with E-state index in [0.29, 0.717) is 6.42 Å². The Bertz CT molecular complexity index is 312. The molecule has 12 heavy (non-hydrogen) atoms. The molecule has 3 N–H and O–H groups in total. The van der Waals surface area contributed by atoms with Crippen molar-refractivity contribution in [1.82, 2.24) is 11.0 Å². The van der Waals surface area contributed by atoms with Crippen LogP contribution in [0.5, 0.6) is 0 Å². The highest BCUT2D eigenvalue weighted by molar-refractivity contribution is 5.77. The van der Waals surface area contributed by atoms with Gasteiger partial charge in [0.25, 0.3) is 0 Å². The molecule has 5 heteroatoms. The molecule has 5 nitrogen and oxygen atoms in total. The van der Waals surface area contributed by atoms with Gasteiger partial charge in [-0.3, -0.25) is 10.2 Å². The van der Waals surface area contributed by atoms with Crippen molar-refractivity contribution in [2.75, 3.05) is 5.53 Å². The molecule has 0 saturated carbocycles. The van der Waals surface area contributed by atoms with Gasteiger partial charge >= 0.3 is 0 Å². The van der Waals surface area contributed by atoms with E-state index in [1.165, 1.54) is 0 Å². The van der Waals surface area contributed by atoms with E-state index >= 15 is 0 Å². The first kappa shape index (κ1) is 7.05. The number of fused-ring (bicyclic) bond motifs is 1. The zero-order valence-electron chi connectivity index (χ0n) is 6.37. The second-order valence-electron chi connectivity index (χ2n) is 2.52. The van der Waals surface area contributed by atoms with Crippen LogP contribution in [0, 0.1) is 0 Å². The first-order valence-corrected chi connectivity index (χ1v) is 3.66. The highest BCUT2D eigenvalue weighted by Gasteiger charge is 2.17. The maximum absolute atomic E-state index is 11.0. The number of rotatable bonds is 0. The molecule has 0 unspecified atom stereocenters. The average molecular weight is 165 g/mol. The Hall–Kier alpha value is -1.62. The number of aromatic nitrogens is 1.